The molecule has 3 rings (SSSR count). The van der Waals surface area contributed by atoms with Crippen LogP contribution in [0.15, 0.2) is 48.5 Å². The van der Waals surface area contributed by atoms with Gasteiger partial charge < -0.3 is 19.9 Å². The number of carbonyl (C=O) groups excluding carboxylic acids is 2. The first kappa shape index (κ1) is 20.9. The van der Waals surface area contributed by atoms with Gasteiger partial charge in [-0.3, -0.25) is 9.59 Å². The lowest BCUT2D eigenvalue weighted by Crippen LogP contribution is -3.12. The van der Waals surface area contributed by atoms with Crippen LogP contribution in [-0.4, -0.2) is 56.5 Å². The number of benzene rings is 2. The number of rotatable bonds is 6. The van der Waals surface area contributed by atoms with Gasteiger partial charge in [0, 0.05) is 0 Å². The fourth-order valence-electron chi connectivity index (χ4n) is 3.27. The Bertz CT molecular complexity index is 858. The van der Waals surface area contributed by atoms with Crippen LogP contribution in [0.5, 0.6) is 5.75 Å². The first-order chi connectivity index (χ1) is 14.0. The molecular weight excluding hydrogens is 366 g/mol. The topological polar surface area (TPSA) is 63.1 Å². The van der Waals surface area contributed by atoms with E-state index in [4.69, 9.17) is 4.74 Å². The third-order valence-corrected chi connectivity index (χ3v) is 5.01. The van der Waals surface area contributed by atoms with Crippen molar-refractivity contribution >= 4 is 17.5 Å². The number of nitrogens with one attached hydrogen (secondary N) is 2. The second kappa shape index (κ2) is 9.56. The molecule has 2 aromatic carbocycles. The summed E-state index contributed by atoms with van der Waals surface area (Å²) >= 11 is 0. The van der Waals surface area contributed by atoms with Gasteiger partial charge in [0.05, 0.1) is 56.6 Å². The maximum atomic E-state index is 13.0. The summed E-state index contributed by atoms with van der Waals surface area (Å²) in [5.41, 5.74) is 1.49. The van der Waals surface area contributed by atoms with E-state index in [1.807, 2.05) is 23.1 Å². The zero-order valence-corrected chi connectivity index (χ0v) is 17.4. The molecule has 6 heteroatoms. The van der Waals surface area contributed by atoms with Crippen LogP contribution in [-0.2, 0) is 0 Å². The number of ether oxygens (including phenoxy) is 1. The molecule has 154 valence electrons. The second-order valence-corrected chi connectivity index (χ2v) is 7.95. The van der Waals surface area contributed by atoms with Crippen molar-refractivity contribution in [3.05, 3.63) is 59.7 Å². The quantitative estimate of drug-likeness (QED) is 0.785. The van der Waals surface area contributed by atoms with Crippen LogP contribution in [0.1, 0.15) is 34.6 Å². The monoisotopic (exact) mass is 396 g/mol. The average Bonchev–Trinajstić information content (AvgIpc) is 2.73. The summed E-state index contributed by atoms with van der Waals surface area (Å²) < 4.78 is 5.80. The number of piperazine rings is 1. The molecular formula is C23H30N3O3+. The highest BCUT2D eigenvalue weighted by atomic mass is 16.5. The minimum absolute atomic E-state index is 0.0438. The first-order valence-electron chi connectivity index (χ1n) is 10.2. The number of para-hydroxylation sites is 2. The van der Waals surface area contributed by atoms with Gasteiger partial charge in [0.25, 0.3) is 11.8 Å². The molecule has 2 aromatic rings. The molecule has 0 radical (unpaired) electrons. The van der Waals surface area contributed by atoms with E-state index in [1.165, 1.54) is 4.90 Å². The maximum Gasteiger partial charge on any atom is 0.259 e. The predicted molar refractivity (Wildman–Crippen MR) is 114 cm³/mol. The van der Waals surface area contributed by atoms with Gasteiger partial charge in [0.15, 0.2) is 0 Å². The minimum Gasteiger partial charge on any atom is -0.492 e. The first-order valence-corrected chi connectivity index (χ1v) is 10.2. The molecule has 29 heavy (non-hydrogen) atoms. The third-order valence-electron chi connectivity index (χ3n) is 5.01. The molecule has 6 nitrogen and oxygen atoms in total. The van der Waals surface area contributed by atoms with Crippen LogP contribution < -0.4 is 15.0 Å². The molecule has 0 aromatic heterocycles. The lowest BCUT2D eigenvalue weighted by molar-refractivity contribution is -0.883. The number of likely N-dealkylation sites (N-methyl/N-ethyl adjacent to an activating group) is 1. The van der Waals surface area contributed by atoms with Crippen molar-refractivity contribution in [2.24, 2.45) is 5.92 Å². The normalized spacial score (nSPS) is 14.7. The summed E-state index contributed by atoms with van der Waals surface area (Å²) in [6.45, 7) is 7.96. The summed E-state index contributed by atoms with van der Waals surface area (Å²) in [5, 5.41) is 2.91. The Balaban J connectivity index is 1.78. The Morgan fingerprint density at radius 3 is 2.34 bits per heavy atom. The van der Waals surface area contributed by atoms with Crippen molar-refractivity contribution in [1.82, 2.24) is 4.90 Å². The zero-order valence-electron chi connectivity index (χ0n) is 17.4. The zero-order chi connectivity index (χ0) is 20.8. The Labute approximate surface area is 172 Å². The summed E-state index contributed by atoms with van der Waals surface area (Å²) in [7, 11) is 2.13. The number of carbonyl (C=O) groups is 2. The number of hydrogen-bond donors (Lipinski definition) is 2. The maximum absolute atomic E-state index is 13.0. The van der Waals surface area contributed by atoms with E-state index in [2.05, 4.69) is 26.2 Å². The SMILES string of the molecule is CC(C)COc1ccccc1C(=O)Nc1ccccc1C(=O)N1CC[NH+](C)CC1. The van der Waals surface area contributed by atoms with Crippen LogP contribution in [0.2, 0.25) is 0 Å². The van der Waals surface area contributed by atoms with Crippen LogP contribution in [0.3, 0.4) is 0 Å². The van der Waals surface area contributed by atoms with Crippen molar-refractivity contribution in [1.29, 1.82) is 0 Å². The molecule has 0 bridgehead atoms. The number of quaternary nitrogens is 1. The molecule has 1 aliphatic heterocycles. The number of nitrogens with zero attached hydrogens (tertiary/aromatic N) is 1. The molecule has 1 heterocycles. The molecule has 1 aliphatic rings. The van der Waals surface area contributed by atoms with Crippen LogP contribution in [0.4, 0.5) is 5.69 Å². The van der Waals surface area contributed by atoms with Crippen molar-refractivity contribution in [2.45, 2.75) is 13.8 Å². The summed E-state index contributed by atoms with van der Waals surface area (Å²) in [6.07, 6.45) is 0. The smallest absolute Gasteiger partial charge is 0.259 e. The van der Waals surface area contributed by atoms with Crippen molar-refractivity contribution in [3.63, 3.8) is 0 Å². The highest BCUT2D eigenvalue weighted by Crippen LogP contribution is 2.23. The van der Waals surface area contributed by atoms with Crippen molar-refractivity contribution < 1.29 is 19.2 Å². The van der Waals surface area contributed by atoms with Gasteiger partial charge in [-0.05, 0) is 30.2 Å². The summed E-state index contributed by atoms with van der Waals surface area (Å²) in [4.78, 5) is 29.3. The summed E-state index contributed by atoms with van der Waals surface area (Å²) in [6, 6.07) is 14.4. The van der Waals surface area contributed by atoms with E-state index in [0.717, 1.165) is 26.2 Å². The standard InChI is InChI=1S/C23H29N3O3/c1-17(2)16-29-21-11-7-5-9-19(21)22(27)24-20-10-6-4-8-18(20)23(28)26-14-12-25(3)13-15-26/h4-11,17H,12-16H2,1-3H3,(H,24,27)/p+1. The van der Waals surface area contributed by atoms with Crippen molar-refractivity contribution in [3.8, 4) is 5.75 Å². The highest BCUT2D eigenvalue weighted by molar-refractivity contribution is 6.10. The second-order valence-electron chi connectivity index (χ2n) is 7.95. The van der Waals surface area contributed by atoms with Crippen LogP contribution >= 0.6 is 0 Å². The molecule has 0 unspecified atom stereocenters. The molecule has 0 saturated carbocycles. The largest absolute Gasteiger partial charge is 0.492 e. The van der Waals surface area contributed by atoms with E-state index < -0.39 is 0 Å². The van der Waals surface area contributed by atoms with E-state index in [1.54, 1.807) is 30.3 Å². The lowest BCUT2D eigenvalue weighted by Gasteiger charge is -2.30. The van der Waals surface area contributed by atoms with Crippen LogP contribution in [0, 0.1) is 5.92 Å². The van der Waals surface area contributed by atoms with Gasteiger partial charge in [0.2, 0.25) is 0 Å². The van der Waals surface area contributed by atoms with Gasteiger partial charge in [0.1, 0.15) is 5.75 Å². The molecule has 0 aliphatic carbocycles. The number of hydrogen-bond acceptors (Lipinski definition) is 3. The highest BCUT2D eigenvalue weighted by Gasteiger charge is 2.25. The predicted octanol–water partition coefficient (Wildman–Crippen LogP) is 1.94. The molecule has 0 spiro atoms. The van der Waals surface area contributed by atoms with Gasteiger partial charge in [-0.2, -0.15) is 0 Å². The molecule has 1 fully saturated rings. The van der Waals surface area contributed by atoms with E-state index >= 15 is 0 Å². The number of anilines is 1. The third kappa shape index (κ3) is 5.35. The fourth-order valence-corrected chi connectivity index (χ4v) is 3.27. The Morgan fingerprint density at radius 1 is 1.03 bits per heavy atom. The minimum atomic E-state index is -0.285. The lowest BCUT2D eigenvalue weighted by atomic mass is 10.1. The van der Waals surface area contributed by atoms with Gasteiger partial charge in [-0.1, -0.05) is 38.1 Å². The van der Waals surface area contributed by atoms with Crippen LogP contribution in [0.25, 0.3) is 0 Å². The number of amides is 2. The van der Waals surface area contributed by atoms with E-state index in [9.17, 15) is 9.59 Å². The van der Waals surface area contributed by atoms with Gasteiger partial charge in [-0.15, -0.1) is 0 Å². The molecule has 2 amide bonds. The Morgan fingerprint density at radius 2 is 1.66 bits per heavy atom. The Kier molecular flexibility index (Phi) is 6.88. The van der Waals surface area contributed by atoms with E-state index in [-0.39, 0.29) is 11.8 Å². The van der Waals surface area contributed by atoms with Gasteiger partial charge >= 0.3 is 0 Å². The average molecular weight is 397 g/mol. The Hall–Kier alpha value is -2.86. The van der Waals surface area contributed by atoms with Crippen molar-refractivity contribution in [2.75, 3.05) is 45.2 Å². The molecule has 1 saturated heterocycles. The summed E-state index contributed by atoms with van der Waals surface area (Å²) in [5.74, 6) is 0.574. The fraction of sp³-hybridized carbons (Fsp3) is 0.391. The molecule has 2 N–H and O–H groups in total. The molecule has 0 atom stereocenters. The van der Waals surface area contributed by atoms with E-state index in [0.29, 0.717) is 35.1 Å². The van der Waals surface area contributed by atoms with Gasteiger partial charge in [-0.25, -0.2) is 0 Å².